The molecule has 0 bridgehead atoms. The van der Waals surface area contributed by atoms with Crippen molar-refractivity contribution < 1.29 is 39.3 Å². The summed E-state index contributed by atoms with van der Waals surface area (Å²) in [6, 6.07) is -0.993. The number of hydrogen-bond donors (Lipinski definition) is 3. The van der Waals surface area contributed by atoms with E-state index in [1.807, 2.05) is 6.92 Å². The number of likely N-dealkylation sites (tertiary alicyclic amines) is 1. The molecule has 0 saturated carbocycles. The summed E-state index contributed by atoms with van der Waals surface area (Å²) in [5.74, 6) is -4.07. The minimum Gasteiger partial charge on any atom is -0.480 e. The first-order valence-electron chi connectivity index (χ1n) is 10.8. The van der Waals surface area contributed by atoms with E-state index >= 15 is 0 Å². The number of amides is 2. The van der Waals surface area contributed by atoms with Gasteiger partial charge in [-0.25, -0.2) is 0 Å². The molecule has 0 aromatic carbocycles. The second kappa shape index (κ2) is 11.9. The summed E-state index contributed by atoms with van der Waals surface area (Å²) in [5, 5.41) is 28.1. The highest BCUT2D eigenvalue weighted by molar-refractivity contribution is 6.03. The first-order valence-corrected chi connectivity index (χ1v) is 10.8. The average molecular weight is 456 g/mol. The van der Waals surface area contributed by atoms with Gasteiger partial charge in [0.05, 0.1) is 13.1 Å². The van der Waals surface area contributed by atoms with E-state index < -0.39 is 23.9 Å². The topological polar surface area (TPSA) is 159 Å². The molecule has 0 aromatic heterocycles. The Morgan fingerprint density at radius 1 is 0.906 bits per heavy atom. The Morgan fingerprint density at radius 3 is 1.81 bits per heavy atom. The van der Waals surface area contributed by atoms with Crippen molar-refractivity contribution in [1.29, 1.82) is 0 Å². The van der Waals surface area contributed by atoms with E-state index in [2.05, 4.69) is 0 Å². The van der Waals surface area contributed by atoms with Crippen LogP contribution in [0.5, 0.6) is 0 Å². The van der Waals surface area contributed by atoms with E-state index in [0.29, 0.717) is 32.6 Å². The standard InChI is InChI=1S/C20H32N4O8/c1-2-14-11-16(25)24(19(14)30)4-3-15(20(31)32)23-9-7-21(12-17(26)27)5-6-22(8-10-23)13-18(28)29/h14-15H,2-13H2,1H3,(H,26,27)(H,28,29)(H,31,32). The molecular weight excluding hydrogens is 424 g/mol. The average Bonchev–Trinajstić information content (AvgIpc) is 3.02. The normalized spacial score (nSPS) is 22.9. The quantitative estimate of drug-likeness (QED) is 0.336. The molecule has 2 unspecified atom stereocenters. The molecule has 12 heteroatoms. The van der Waals surface area contributed by atoms with Crippen molar-refractivity contribution in [1.82, 2.24) is 19.6 Å². The third-order valence-corrected chi connectivity index (χ3v) is 6.04. The number of aliphatic carboxylic acids is 3. The number of imide groups is 1. The van der Waals surface area contributed by atoms with Crippen LogP contribution in [0.25, 0.3) is 0 Å². The first-order chi connectivity index (χ1) is 15.1. The number of carboxylic acids is 3. The Kier molecular flexibility index (Phi) is 9.54. The molecule has 12 nitrogen and oxygen atoms in total. The summed E-state index contributed by atoms with van der Waals surface area (Å²) in [4.78, 5) is 65.0. The van der Waals surface area contributed by atoms with Crippen molar-refractivity contribution in [2.75, 3.05) is 58.9 Å². The van der Waals surface area contributed by atoms with Crippen molar-refractivity contribution in [3.63, 3.8) is 0 Å². The van der Waals surface area contributed by atoms with E-state index in [-0.39, 0.29) is 63.3 Å². The van der Waals surface area contributed by atoms with Crippen molar-refractivity contribution in [2.45, 2.75) is 32.2 Å². The number of hydrogen-bond acceptors (Lipinski definition) is 8. The van der Waals surface area contributed by atoms with Gasteiger partial charge >= 0.3 is 17.9 Å². The van der Waals surface area contributed by atoms with Crippen molar-refractivity contribution in [2.24, 2.45) is 5.92 Å². The Balaban J connectivity index is 2.11. The van der Waals surface area contributed by atoms with Crippen LogP contribution in [-0.2, 0) is 24.0 Å². The molecule has 2 aliphatic heterocycles. The molecule has 0 spiro atoms. The van der Waals surface area contributed by atoms with Gasteiger partial charge in [-0.1, -0.05) is 6.92 Å². The number of carbonyl (C=O) groups excluding carboxylic acids is 2. The van der Waals surface area contributed by atoms with Crippen LogP contribution in [0.1, 0.15) is 26.2 Å². The monoisotopic (exact) mass is 456 g/mol. The van der Waals surface area contributed by atoms with Crippen LogP contribution in [0.3, 0.4) is 0 Å². The highest BCUT2D eigenvalue weighted by atomic mass is 16.4. The molecule has 0 radical (unpaired) electrons. The Morgan fingerprint density at radius 2 is 1.41 bits per heavy atom. The van der Waals surface area contributed by atoms with Crippen molar-refractivity contribution in [3.8, 4) is 0 Å². The van der Waals surface area contributed by atoms with Gasteiger partial charge in [-0.3, -0.25) is 43.6 Å². The van der Waals surface area contributed by atoms with Gasteiger partial charge in [0.1, 0.15) is 6.04 Å². The Hall–Kier alpha value is -2.57. The van der Waals surface area contributed by atoms with Gasteiger partial charge < -0.3 is 15.3 Å². The van der Waals surface area contributed by atoms with E-state index in [4.69, 9.17) is 10.2 Å². The van der Waals surface area contributed by atoms with E-state index in [1.165, 1.54) is 0 Å². The first kappa shape index (κ1) is 25.7. The lowest BCUT2D eigenvalue weighted by Gasteiger charge is -2.31. The van der Waals surface area contributed by atoms with Crippen LogP contribution in [0.2, 0.25) is 0 Å². The molecule has 2 fully saturated rings. The smallest absolute Gasteiger partial charge is 0.320 e. The second-order valence-electron chi connectivity index (χ2n) is 8.21. The number of carbonyl (C=O) groups is 5. The van der Waals surface area contributed by atoms with E-state index in [0.717, 1.165) is 4.90 Å². The van der Waals surface area contributed by atoms with E-state index in [9.17, 15) is 29.1 Å². The van der Waals surface area contributed by atoms with Crippen LogP contribution < -0.4 is 0 Å². The third-order valence-electron chi connectivity index (χ3n) is 6.04. The molecule has 3 N–H and O–H groups in total. The Labute approximate surface area is 186 Å². The van der Waals surface area contributed by atoms with Gasteiger partial charge in [0.15, 0.2) is 0 Å². The predicted octanol–water partition coefficient (Wildman–Crippen LogP) is -1.30. The van der Waals surface area contributed by atoms with Crippen LogP contribution in [0.15, 0.2) is 0 Å². The van der Waals surface area contributed by atoms with Gasteiger partial charge in [-0.2, -0.15) is 0 Å². The summed E-state index contributed by atoms with van der Waals surface area (Å²) in [6.45, 7) is 3.19. The molecule has 32 heavy (non-hydrogen) atoms. The minimum atomic E-state index is -1.11. The highest BCUT2D eigenvalue weighted by Crippen LogP contribution is 2.23. The summed E-state index contributed by atoms with van der Waals surface area (Å²) < 4.78 is 0. The largest absolute Gasteiger partial charge is 0.480 e. The van der Waals surface area contributed by atoms with E-state index in [1.54, 1.807) is 14.7 Å². The summed E-state index contributed by atoms with van der Waals surface area (Å²) >= 11 is 0. The molecule has 2 heterocycles. The SMILES string of the molecule is CCC1CC(=O)N(CCC(C(=O)O)N2CCN(CC(=O)O)CCN(CC(=O)O)CC2)C1=O. The van der Waals surface area contributed by atoms with Gasteiger partial charge in [0, 0.05) is 58.2 Å². The third kappa shape index (κ3) is 7.24. The van der Waals surface area contributed by atoms with Gasteiger partial charge in [0.2, 0.25) is 11.8 Å². The second-order valence-corrected chi connectivity index (χ2v) is 8.21. The number of rotatable bonds is 10. The van der Waals surface area contributed by atoms with Gasteiger partial charge in [-0.05, 0) is 12.8 Å². The Bertz CT molecular complexity index is 702. The fraction of sp³-hybridized carbons (Fsp3) is 0.750. The molecule has 0 aliphatic carbocycles. The zero-order valence-electron chi connectivity index (χ0n) is 18.3. The van der Waals surface area contributed by atoms with Crippen LogP contribution in [0, 0.1) is 5.92 Å². The fourth-order valence-electron chi connectivity index (χ4n) is 4.19. The molecular formula is C20H32N4O8. The van der Waals surface area contributed by atoms with Crippen LogP contribution >= 0.6 is 0 Å². The predicted molar refractivity (Wildman–Crippen MR) is 111 cm³/mol. The fourth-order valence-corrected chi connectivity index (χ4v) is 4.19. The zero-order valence-corrected chi connectivity index (χ0v) is 18.3. The van der Waals surface area contributed by atoms with Gasteiger partial charge in [0.25, 0.3) is 0 Å². The van der Waals surface area contributed by atoms with Crippen molar-refractivity contribution >= 4 is 29.7 Å². The maximum absolute atomic E-state index is 12.4. The summed E-state index contributed by atoms with van der Waals surface area (Å²) in [6.07, 6.45) is 0.737. The number of carboxylic acid groups (broad SMARTS) is 3. The lowest BCUT2D eigenvalue weighted by Crippen LogP contribution is -2.48. The van der Waals surface area contributed by atoms with Crippen LogP contribution in [0.4, 0.5) is 0 Å². The summed E-state index contributed by atoms with van der Waals surface area (Å²) in [7, 11) is 0. The molecule has 0 aromatic rings. The molecule has 2 atom stereocenters. The molecule has 2 amide bonds. The van der Waals surface area contributed by atoms with Gasteiger partial charge in [-0.15, -0.1) is 0 Å². The highest BCUT2D eigenvalue weighted by Gasteiger charge is 2.38. The molecule has 2 aliphatic rings. The van der Waals surface area contributed by atoms with Crippen LogP contribution in [-0.4, -0.2) is 130 Å². The molecule has 180 valence electrons. The van der Waals surface area contributed by atoms with Crippen molar-refractivity contribution in [3.05, 3.63) is 0 Å². The number of nitrogens with zero attached hydrogens (tertiary/aromatic N) is 4. The summed E-state index contributed by atoms with van der Waals surface area (Å²) in [5.41, 5.74) is 0. The lowest BCUT2D eigenvalue weighted by molar-refractivity contribution is -0.146. The lowest BCUT2D eigenvalue weighted by atomic mass is 10.1. The molecule has 2 rings (SSSR count). The minimum absolute atomic E-state index is 0.000681. The molecule has 2 saturated heterocycles. The maximum Gasteiger partial charge on any atom is 0.320 e. The maximum atomic E-state index is 12.4. The zero-order chi connectivity index (χ0) is 23.8.